The molecule has 2 aliphatic heterocycles. The Balaban J connectivity index is 1.63. The topological polar surface area (TPSA) is 69.3 Å². The van der Waals surface area contributed by atoms with Crippen LogP contribution in [0.15, 0.2) is 6.20 Å². The number of likely N-dealkylation sites (tertiary alicyclic amines) is 1. The average molecular weight is 298 g/mol. The van der Waals surface area contributed by atoms with Crippen LogP contribution in [0.4, 0.5) is 0 Å². The lowest BCUT2D eigenvalue weighted by atomic mass is 10.3. The molecule has 2 fully saturated rings. The smallest absolute Gasteiger partial charge is 0.218 e. The standard InChI is InChI=1S/C13H22N4O2S/c1-11-8-14-15-13(11)10-16-7-4-12(9-16)20(18,19)17-5-2-3-6-17/h8,12H,2-7,9-10H2,1H3,(H,14,15)/t12-/m1/s1. The van der Waals surface area contributed by atoms with Gasteiger partial charge in [0.2, 0.25) is 10.0 Å². The number of sulfonamides is 1. The molecule has 0 bridgehead atoms. The SMILES string of the molecule is Cc1cn[nH]c1CN1CC[C@@H](S(=O)(=O)N2CCCC2)C1. The van der Waals surface area contributed by atoms with E-state index < -0.39 is 10.0 Å². The van der Waals surface area contributed by atoms with E-state index in [1.165, 1.54) is 0 Å². The number of aromatic nitrogens is 2. The molecule has 6 nitrogen and oxygen atoms in total. The van der Waals surface area contributed by atoms with E-state index in [0.29, 0.717) is 19.6 Å². The maximum absolute atomic E-state index is 12.5. The molecule has 3 heterocycles. The maximum atomic E-state index is 12.5. The van der Waals surface area contributed by atoms with Crippen LogP contribution in [0.2, 0.25) is 0 Å². The molecule has 0 saturated carbocycles. The van der Waals surface area contributed by atoms with E-state index in [0.717, 1.165) is 43.6 Å². The highest BCUT2D eigenvalue weighted by molar-refractivity contribution is 7.89. The first kappa shape index (κ1) is 14.0. The molecule has 1 aromatic rings. The van der Waals surface area contributed by atoms with E-state index in [2.05, 4.69) is 15.1 Å². The zero-order valence-electron chi connectivity index (χ0n) is 11.9. The Kier molecular flexibility index (Phi) is 3.83. The summed E-state index contributed by atoms with van der Waals surface area (Å²) in [5.74, 6) is 0. The van der Waals surface area contributed by atoms with Crippen molar-refractivity contribution in [3.8, 4) is 0 Å². The number of aromatic amines is 1. The van der Waals surface area contributed by atoms with Gasteiger partial charge in [-0.05, 0) is 38.3 Å². The molecule has 112 valence electrons. The first-order valence-corrected chi connectivity index (χ1v) is 8.78. The molecule has 3 rings (SSSR count). The first-order valence-electron chi connectivity index (χ1n) is 7.27. The Morgan fingerprint density at radius 2 is 2.10 bits per heavy atom. The van der Waals surface area contributed by atoms with Gasteiger partial charge in [0.15, 0.2) is 0 Å². The summed E-state index contributed by atoms with van der Waals surface area (Å²) in [5.41, 5.74) is 2.22. The Labute approximate surface area is 120 Å². The Hall–Kier alpha value is -0.920. The van der Waals surface area contributed by atoms with Crippen LogP contribution in [0.3, 0.4) is 0 Å². The normalized spacial score (nSPS) is 25.6. The van der Waals surface area contributed by atoms with Crippen LogP contribution in [0.25, 0.3) is 0 Å². The third kappa shape index (κ3) is 2.62. The van der Waals surface area contributed by atoms with Gasteiger partial charge in [-0.15, -0.1) is 0 Å². The molecule has 1 N–H and O–H groups in total. The summed E-state index contributed by atoms with van der Waals surface area (Å²) in [7, 11) is -3.09. The summed E-state index contributed by atoms with van der Waals surface area (Å²) in [6, 6.07) is 0. The van der Waals surface area contributed by atoms with Gasteiger partial charge in [0, 0.05) is 26.2 Å². The monoisotopic (exact) mass is 298 g/mol. The summed E-state index contributed by atoms with van der Waals surface area (Å²) >= 11 is 0. The molecule has 0 amide bonds. The molecule has 0 spiro atoms. The van der Waals surface area contributed by atoms with Gasteiger partial charge in [-0.2, -0.15) is 5.10 Å². The molecular weight excluding hydrogens is 276 g/mol. The lowest BCUT2D eigenvalue weighted by Crippen LogP contribution is -2.38. The van der Waals surface area contributed by atoms with Crippen LogP contribution >= 0.6 is 0 Å². The highest BCUT2D eigenvalue weighted by atomic mass is 32.2. The molecule has 0 aromatic carbocycles. The van der Waals surface area contributed by atoms with Crippen LogP contribution < -0.4 is 0 Å². The summed E-state index contributed by atoms with van der Waals surface area (Å²) in [4.78, 5) is 2.21. The van der Waals surface area contributed by atoms with Crippen molar-refractivity contribution in [3.05, 3.63) is 17.5 Å². The number of H-pyrrole nitrogens is 1. The third-order valence-corrected chi connectivity index (χ3v) is 6.70. The number of nitrogens with one attached hydrogen (secondary N) is 1. The fourth-order valence-corrected chi connectivity index (χ4v) is 5.09. The number of aryl methyl sites for hydroxylation is 1. The van der Waals surface area contributed by atoms with E-state index in [4.69, 9.17) is 0 Å². The van der Waals surface area contributed by atoms with Crippen molar-refractivity contribution in [1.29, 1.82) is 0 Å². The van der Waals surface area contributed by atoms with Gasteiger partial charge in [0.1, 0.15) is 0 Å². The lowest BCUT2D eigenvalue weighted by Gasteiger charge is -2.21. The molecule has 2 aliphatic rings. The van der Waals surface area contributed by atoms with Crippen LogP contribution in [0.1, 0.15) is 30.5 Å². The number of hydrogen-bond donors (Lipinski definition) is 1. The fraction of sp³-hybridized carbons (Fsp3) is 0.769. The van der Waals surface area contributed by atoms with Crippen molar-refractivity contribution >= 4 is 10.0 Å². The van der Waals surface area contributed by atoms with E-state index in [1.807, 2.05) is 13.1 Å². The molecule has 20 heavy (non-hydrogen) atoms. The Morgan fingerprint density at radius 1 is 1.35 bits per heavy atom. The predicted molar refractivity (Wildman–Crippen MR) is 76.7 cm³/mol. The Bertz CT molecular complexity index is 563. The second-order valence-corrected chi connectivity index (χ2v) is 8.04. The predicted octanol–water partition coefficient (Wildman–Crippen LogP) is 0.718. The summed E-state index contributed by atoms with van der Waals surface area (Å²) in [5, 5.41) is 6.77. The van der Waals surface area contributed by atoms with Crippen LogP contribution in [0, 0.1) is 6.92 Å². The van der Waals surface area contributed by atoms with Gasteiger partial charge in [-0.1, -0.05) is 0 Å². The molecule has 0 aliphatic carbocycles. The molecule has 1 atom stereocenters. The van der Waals surface area contributed by atoms with Gasteiger partial charge in [0.05, 0.1) is 17.1 Å². The summed E-state index contributed by atoms with van der Waals surface area (Å²) < 4.78 is 26.7. The highest BCUT2D eigenvalue weighted by Crippen LogP contribution is 2.24. The van der Waals surface area contributed by atoms with E-state index >= 15 is 0 Å². The molecule has 7 heteroatoms. The lowest BCUT2D eigenvalue weighted by molar-refractivity contribution is 0.325. The van der Waals surface area contributed by atoms with Gasteiger partial charge in [-0.25, -0.2) is 12.7 Å². The minimum absolute atomic E-state index is 0.233. The Morgan fingerprint density at radius 3 is 2.75 bits per heavy atom. The van der Waals surface area contributed by atoms with Crippen LogP contribution in [0.5, 0.6) is 0 Å². The minimum atomic E-state index is -3.09. The van der Waals surface area contributed by atoms with Crippen molar-refractivity contribution in [2.75, 3.05) is 26.2 Å². The zero-order chi connectivity index (χ0) is 14.2. The van der Waals surface area contributed by atoms with E-state index in [9.17, 15) is 8.42 Å². The van der Waals surface area contributed by atoms with Crippen LogP contribution in [-0.4, -0.2) is 59.2 Å². The molecule has 1 aromatic heterocycles. The van der Waals surface area contributed by atoms with Crippen molar-refractivity contribution in [2.45, 2.75) is 38.0 Å². The molecule has 2 saturated heterocycles. The van der Waals surface area contributed by atoms with Crippen molar-refractivity contribution < 1.29 is 8.42 Å². The number of nitrogens with zero attached hydrogens (tertiary/aromatic N) is 3. The minimum Gasteiger partial charge on any atom is -0.296 e. The molecule has 0 unspecified atom stereocenters. The molecule has 0 radical (unpaired) electrons. The largest absolute Gasteiger partial charge is 0.296 e. The van der Waals surface area contributed by atoms with Gasteiger partial charge >= 0.3 is 0 Å². The average Bonchev–Trinajstić information content (AvgIpc) is 3.13. The second-order valence-electron chi connectivity index (χ2n) is 5.83. The number of hydrogen-bond acceptors (Lipinski definition) is 4. The second kappa shape index (κ2) is 5.46. The third-order valence-electron chi connectivity index (χ3n) is 4.39. The zero-order valence-corrected chi connectivity index (χ0v) is 12.7. The summed E-state index contributed by atoms with van der Waals surface area (Å²) in [6.45, 7) is 5.68. The van der Waals surface area contributed by atoms with Crippen molar-refractivity contribution in [1.82, 2.24) is 19.4 Å². The summed E-state index contributed by atoms with van der Waals surface area (Å²) in [6.07, 6.45) is 4.56. The van der Waals surface area contributed by atoms with Gasteiger partial charge < -0.3 is 0 Å². The fourth-order valence-electron chi connectivity index (χ4n) is 3.09. The van der Waals surface area contributed by atoms with Crippen molar-refractivity contribution in [3.63, 3.8) is 0 Å². The highest BCUT2D eigenvalue weighted by Gasteiger charge is 2.38. The maximum Gasteiger partial charge on any atom is 0.218 e. The van der Waals surface area contributed by atoms with Gasteiger partial charge in [0.25, 0.3) is 0 Å². The molecular formula is C13H22N4O2S. The van der Waals surface area contributed by atoms with E-state index in [-0.39, 0.29) is 5.25 Å². The first-order chi connectivity index (χ1) is 9.57. The van der Waals surface area contributed by atoms with Crippen LogP contribution in [-0.2, 0) is 16.6 Å². The quantitative estimate of drug-likeness (QED) is 0.889. The number of rotatable bonds is 4. The van der Waals surface area contributed by atoms with Gasteiger partial charge in [-0.3, -0.25) is 10.00 Å². The van der Waals surface area contributed by atoms with E-state index in [1.54, 1.807) is 4.31 Å². The van der Waals surface area contributed by atoms with Crippen molar-refractivity contribution in [2.24, 2.45) is 0 Å².